The largest absolute Gasteiger partial charge is 0.507 e. The van der Waals surface area contributed by atoms with Crippen LogP contribution in [-0.2, 0) is 49.4 Å². The van der Waals surface area contributed by atoms with Crippen molar-refractivity contribution >= 4 is 23.3 Å². The summed E-state index contributed by atoms with van der Waals surface area (Å²) in [5.41, 5.74) is -11.7. The minimum Gasteiger partial charge on any atom is -0.507 e. The van der Waals surface area contributed by atoms with Crippen LogP contribution in [0.3, 0.4) is 0 Å². The summed E-state index contributed by atoms with van der Waals surface area (Å²) in [5.74, 6) is -7.10. The number of phenols is 2. The number of methoxy groups -OCH3 is 3. The number of Topliss-reactive ketones (excluding diaryl/α,β-unsaturated/α-hetero) is 2. The second-order valence-corrected chi connectivity index (χ2v) is 16.2. The van der Waals surface area contributed by atoms with Gasteiger partial charge in [-0.2, -0.15) is 0 Å². The first-order valence-corrected chi connectivity index (χ1v) is 19.4. The third kappa shape index (κ3) is 6.01. The number of aliphatic hydroxyl groups excluding tert-OH is 4. The number of phenolic OH excluding ortho intramolecular Hbond substituents is 2. The van der Waals surface area contributed by atoms with Crippen LogP contribution in [0.25, 0.3) is 0 Å². The van der Waals surface area contributed by atoms with Gasteiger partial charge in [-0.3, -0.25) is 14.4 Å². The van der Waals surface area contributed by atoms with Gasteiger partial charge in [0.25, 0.3) is 0 Å². The summed E-state index contributed by atoms with van der Waals surface area (Å²) >= 11 is 0. The predicted octanol–water partition coefficient (Wildman–Crippen LogP) is 0.993. The lowest BCUT2D eigenvalue weighted by Gasteiger charge is -2.53. The molecule has 0 saturated carbocycles. The normalized spacial score (nSPS) is 31.5. The molecule has 2 heterocycles. The number of carbonyl (C=O) groups is 4. The first-order chi connectivity index (χ1) is 28.3. The van der Waals surface area contributed by atoms with Gasteiger partial charge in [0, 0.05) is 62.5 Å². The van der Waals surface area contributed by atoms with E-state index >= 15 is 4.79 Å². The van der Waals surface area contributed by atoms with E-state index in [0.717, 1.165) is 26.4 Å². The molecular weight excluding hydrogens is 788 g/mol. The van der Waals surface area contributed by atoms with Crippen molar-refractivity contribution < 1.29 is 83.4 Å². The van der Waals surface area contributed by atoms with Crippen LogP contribution in [0, 0.1) is 12.8 Å². The van der Waals surface area contributed by atoms with Crippen molar-refractivity contribution in [3.05, 3.63) is 91.9 Å². The maximum Gasteiger partial charge on any atom is 0.341 e. The monoisotopic (exact) mass is 836 g/mol. The highest BCUT2D eigenvalue weighted by molar-refractivity contribution is 6.26. The molecule has 0 bridgehead atoms. The molecule has 1 fully saturated rings. The number of aryl methyl sites for hydroxylation is 1. The number of aliphatic hydroxyl groups is 6. The van der Waals surface area contributed by atoms with Gasteiger partial charge < -0.3 is 64.2 Å². The Labute approximate surface area is 343 Å². The molecule has 3 aromatic rings. The maximum atomic E-state index is 15.1. The molecule has 17 nitrogen and oxygen atoms in total. The van der Waals surface area contributed by atoms with E-state index in [9.17, 15) is 55.2 Å². The molecule has 4 aliphatic rings. The minimum atomic E-state index is -3.28. The summed E-state index contributed by atoms with van der Waals surface area (Å²) in [6, 6.07) is 3.87. The van der Waals surface area contributed by atoms with Crippen molar-refractivity contribution in [1.82, 2.24) is 0 Å². The van der Waals surface area contributed by atoms with Crippen LogP contribution in [0.15, 0.2) is 40.5 Å². The lowest BCUT2D eigenvalue weighted by Crippen LogP contribution is -2.73. The van der Waals surface area contributed by atoms with Crippen molar-refractivity contribution in [3.63, 3.8) is 0 Å². The number of hydrogen-bond acceptors (Lipinski definition) is 17. The van der Waals surface area contributed by atoms with E-state index in [1.54, 1.807) is 19.9 Å². The third-order valence-corrected chi connectivity index (χ3v) is 12.7. The number of rotatable bonds is 10. The van der Waals surface area contributed by atoms with E-state index in [1.807, 2.05) is 0 Å². The Morgan fingerprint density at radius 3 is 2.33 bits per heavy atom. The molecule has 10 atom stereocenters. The van der Waals surface area contributed by atoms with Crippen LogP contribution in [0.1, 0.15) is 95.3 Å². The molecule has 322 valence electrons. The molecule has 0 spiro atoms. The molecular formula is C43H48O17. The van der Waals surface area contributed by atoms with Crippen LogP contribution >= 0.6 is 0 Å². The SMILES string of the molecule is COC(=O)c1c(C)cc2c(c1O)[C@]1(O)C(=O)c3cc4c(c(O)c3C(=O)[C@]1(OC)C(O)C2)C(=O)C=C(C[C@H]1O[C@@H](C)[C@H](CO)[C@@H](O)[C@H]1OC)C4(O)Cc1coc(CC(C)O)c1. The highest BCUT2D eigenvalue weighted by Crippen LogP contribution is 2.58. The van der Waals surface area contributed by atoms with Gasteiger partial charge in [0.05, 0.1) is 61.6 Å². The zero-order chi connectivity index (χ0) is 44.0. The molecule has 1 aromatic heterocycles. The molecule has 1 aliphatic heterocycles. The summed E-state index contributed by atoms with van der Waals surface area (Å²) in [6.07, 6.45) is -5.56. The van der Waals surface area contributed by atoms with Crippen molar-refractivity contribution in [3.8, 4) is 11.5 Å². The zero-order valence-corrected chi connectivity index (χ0v) is 33.7. The van der Waals surface area contributed by atoms with E-state index < -0.39 is 141 Å². The number of carbonyl (C=O) groups excluding carboxylic acids is 4. The van der Waals surface area contributed by atoms with E-state index in [0.29, 0.717) is 11.3 Å². The van der Waals surface area contributed by atoms with Gasteiger partial charge in [0.2, 0.25) is 11.6 Å². The van der Waals surface area contributed by atoms with Gasteiger partial charge in [-0.25, -0.2) is 4.79 Å². The Morgan fingerprint density at radius 1 is 1.02 bits per heavy atom. The number of ketones is 3. The van der Waals surface area contributed by atoms with E-state index in [4.69, 9.17) is 23.4 Å². The number of esters is 1. The van der Waals surface area contributed by atoms with E-state index in [1.165, 1.54) is 26.4 Å². The molecule has 0 radical (unpaired) electrons. The number of fused-ring (bicyclic) bond motifs is 5. The molecule has 0 amide bonds. The number of ether oxygens (including phenoxy) is 4. The van der Waals surface area contributed by atoms with Gasteiger partial charge in [0.1, 0.15) is 34.5 Å². The van der Waals surface area contributed by atoms with Crippen molar-refractivity contribution in [2.75, 3.05) is 27.9 Å². The standard InChI is InChI=1S/C43H48O17/c1-17-7-21-10-29(47)43(58-6)39(52)31-24(38(51)42(43,55)33(21)36(50)30(17)40(53)57-5)13-26-32(35(31)49)27(46)11-22(12-28-37(56-4)34(48)25(15-44)19(3)60-28)41(26,54)14-20-9-23(59-16-20)8-18(2)45/h7,9,11,13,16,18-19,25,28-29,34,37,44-45,47-50,54-55H,8,10,12,14-15H2,1-6H3/t18?,19-,25-,28+,29?,34+,37-,41?,42-,43+/m0/s1. The second kappa shape index (κ2) is 15.3. The Kier molecular flexibility index (Phi) is 11.0. The maximum absolute atomic E-state index is 15.1. The predicted molar refractivity (Wildman–Crippen MR) is 205 cm³/mol. The fourth-order valence-electron chi connectivity index (χ4n) is 9.88. The Bertz CT molecular complexity index is 2320. The zero-order valence-electron chi connectivity index (χ0n) is 33.7. The number of furan rings is 1. The minimum absolute atomic E-state index is 0.0167. The molecule has 3 aliphatic carbocycles. The molecule has 3 unspecified atom stereocenters. The van der Waals surface area contributed by atoms with Crippen LogP contribution < -0.4 is 0 Å². The Balaban J connectivity index is 1.46. The highest BCUT2D eigenvalue weighted by Gasteiger charge is 2.73. The van der Waals surface area contributed by atoms with E-state index in [2.05, 4.69) is 0 Å². The summed E-state index contributed by atoms with van der Waals surface area (Å²) < 4.78 is 27.9. The number of allylic oxidation sites excluding steroid dienone is 1. The summed E-state index contributed by atoms with van der Waals surface area (Å²) in [5, 5.41) is 92.4. The summed E-state index contributed by atoms with van der Waals surface area (Å²) in [4.78, 5) is 57.2. The summed E-state index contributed by atoms with van der Waals surface area (Å²) in [7, 11) is 3.29. The first-order valence-electron chi connectivity index (χ1n) is 19.4. The molecule has 60 heavy (non-hydrogen) atoms. The molecule has 1 saturated heterocycles. The van der Waals surface area contributed by atoms with Gasteiger partial charge in [-0.1, -0.05) is 6.07 Å². The van der Waals surface area contributed by atoms with Crippen molar-refractivity contribution in [2.24, 2.45) is 5.92 Å². The average Bonchev–Trinajstić information content (AvgIpc) is 3.61. The third-order valence-electron chi connectivity index (χ3n) is 12.7. The smallest absolute Gasteiger partial charge is 0.341 e. The highest BCUT2D eigenvalue weighted by atomic mass is 16.6. The van der Waals surface area contributed by atoms with Crippen LogP contribution in [0.4, 0.5) is 0 Å². The second-order valence-electron chi connectivity index (χ2n) is 16.2. The van der Waals surface area contributed by atoms with Crippen LogP contribution in [0.2, 0.25) is 0 Å². The first kappa shape index (κ1) is 43.3. The van der Waals surface area contributed by atoms with Gasteiger partial charge >= 0.3 is 5.97 Å². The van der Waals surface area contributed by atoms with E-state index in [-0.39, 0.29) is 35.1 Å². The van der Waals surface area contributed by atoms with Crippen molar-refractivity contribution in [2.45, 2.75) is 99.9 Å². The molecule has 17 heteroatoms. The lowest BCUT2D eigenvalue weighted by atomic mass is 9.56. The van der Waals surface area contributed by atoms with Crippen molar-refractivity contribution in [1.29, 1.82) is 0 Å². The van der Waals surface area contributed by atoms with Gasteiger partial charge in [0.15, 0.2) is 17.0 Å². The summed E-state index contributed by atoms with van der Waals surface area (Å²) in [6.45, 7) is 4.19. The number of hydrogen-bond donors (Lipinski definition) is 8. The van der Waals surface area contributed by atoms with Crippen LogP contribution in [-0.4, -0.2) is 134 Å². The molecule has 7 rings (SSSR count). The van der Waals surface area contributed by atoms with Crippen LogP contribution in [0.5, 0.6) is 11.5 Å². The molecule has 8 N–H and O–H groups in total. The van der Waals surface area contributed by atoms with Gasteiger partial charge in [-0.15, -0.1) is 0 Å². The fraction of sp³-hybridized carbons (Fsp3) is 0.488. The van der Waals surface area contributed by atoms with Gasteiger partial charge in [-0.05, 0) is 61.2 Å². The average molecular weight is 837 g/mol. The Hall–Kier alpha value is -4.82. The Morgan fingerprint density at radius 2 is 1.72 bits per heavy atom. The lowest BCUT2D eigenvalue weighted by molar-refractivity contribution is -0.210. The molecule has 2 aromatic carbocycles. The quantitative estimate of drug-likeness (QED) is 0.132. The topological polar surface area (TPSA) is 280 Å². The number of aromatic hydroxyl groups is 2. The fourth-order valence-corrected chi connectivity index (χ4v) is 9.88. The number of benzene rings is 2.